The lowest BCUT2D eigenvalue weighted by Crippen LogP contribution is -2.15. The fraction of sp³-hybridized carbons (Fsp3) is 0.0370. The third kappa shape index (κ3) is 6.08. The molecule has 0 heterocycles. The molecule has 0 atom stereocenters. The highest BCUT2D eigenvalue weighted by molar-refractivity contribution is 8.00. The first-order valence-electron chi connectivity index (χ1n) is 10.8. The Morgan fingerprint density at radius 2 is 1.38 bits per heavy atom. The lowest BCUT2D eigenvalue weighted by Gasteiger charge is -2.11. The van der Waals surface area contributed by atoms with Gasteiger partial charge in [-0.05, 0) is 53.9 Å². The van der Waals surface area contributed by atoms with E-state index in [0.29, 0.717) is 27.0 Å². The van der Waals surface area contributed by atoms with Crippen LogP contribution in [0.5, 0.6) is 0 Å². The van der Waals surface area contributed by atoms with E-state index in [4.69, 9.17) is 11.6 Å². The molecule has 0 fully saturated rings. The molecule has 0 saturated carbocycles. The summed E-state index contributed by atoms with van der Waals surface area (Å²) in [5.41, 5.74) is 0.942. The van der Waals surface area contributed by atoms with Gasteiger partial charge in [-0.15, -0.1) is 11.8 Å². The maximum absolute atomic E-state index is 13.1. The van der Waals surface area contributed by atoms with Crippen LogP contribution in [0.2, 0.25) is 5.02 Å². The number of benzene rings is 4. The van der Waals surface area contributed by atoms with Crippen LogP contribution in [0.4, 0.5) is 11.4 Å². The van der Waals surface area contributed by atoms with Crippen molar-refractivity contribution < 1.29 is 29.4 Å². The monoisotopic (exact) mass is 534 g/mol. The second kappa shape index (κ2) is 11.2. The van der Waals surface area contributed by atoms with E-state index in [1.54, 1.807) is 54.6 Å². The SMILES string of the molecule is O=C(CSc1cccc(NC(=O)c2cccc3cccc(C(=O)O)c23)c1)Nc1ccc(Cl)c(C(=O)O)c1. The summed E-state index contributed by atoms with van der Waals surface area (Å²) >= 11 is 7.08. The Balaban J connectivity index is 1.44. The number of amides is 2. The van der Waals surface area contributed by atoms with E-state index < -0.39 is 17.8 Å². The van der Waals surface area contributed by atoms with Crippen molar-refractivity contribution in [3.63, 3.8) is 0 Å². The van der Waals surface area contributed by atoms with E-state index in [2.05, 4.69) is 10.6 Å². The van der Waals surface area contributed by atoms with Gasteiger partial charge in [0, 0.05) is 27.2 Å². The second-order valence-electron chi connectivity index (χ2n) is 7.83. The van der Waals surface area contributed by atoms with Gasteiger partial charge in [0.15, 0.2) is 0 Å². The molecular weight excluding hydrogens is 516 g/mol. The number of halogens is 1. The van der Waals surface area contributed by atoms with Crippen LogP contribution in [0.15, 0.2) is 83.8 Å². The van der Waals surface area contributed by atoms with Crippen molar-refractivity contribution in [2.45, 2.75) is 4.90 Å². The van der Waals surface area contributed by atoms with Crippen LogP contribution in [-0.4, -0.2) is 39.7 Å². The molecule has 0 radical (unpaired) electrons. The largest absolute Gasteiger partial charge is 0.478 e. The topological polar surface area (TPSA) is 133 Å². The maximum Gasteiger partial charge on any atom is 0.337 e. The first kappa shape index (κ1) is 25.7. The van der Waals surface area contributed by atoms with Gasteiger partial charge in [-0.3, -0.25) is 9.59 Å². The number of thioether (sulfide) groups is 1. The minimum atomic E-state index is -1.20. The van der Waals surface area contributed by atoms with Crippen molar-refractivity contribution in [2.24, 2.45) is 0 Å². The average Bonchev–Trinajstić information content (AvgIpc) is 2.87. The highest BCUT2D eigenvalue weighted by atomic mass is 35.5. The third-order valence-corrected chi connectivity index (χ3v) is 6.65. The van der Waals surface area contributed by atoms with Gasteiger partial charge in [-0.1, -0.05) is 41.9 Å². The normalized spacial score (nSPS) is 10.6. The second-order valence-corrected chi connectivity index (χ2v) is 9.29. The Morgan fingerprint density at radius 3 is 2.08 bits per heavy atom. The molecule has 0 spiro atoms. The summed E-state index contributed by atoms with van der Waals surface area (Å²) in [5.74, 6) is -3.10. The van der Waals surface area contributed by atoms with Crippen molar-refractivity contribution in [2.75, 3.05) is 16.4 Å². The van der Waals surface area contributed by atoms with Crippen LogP contribution in [-0.2, 0) is 4.79 Å². The van der Waals surface area contributed by atoms with E-state index in [1.165, 1.54) is 36.0 Å². The van der Waals surface area contributed by atoms with Crippen molar-refractivity contribution in [1.82, 2.24) is 0 Å². The molecule has 0 aliphatic heterocycles. The minimum absolute atomic E-state index is 0.0354. The molecule has 0 unspecified atom stereocenters. The summed E-state index contributed by atoms with van der Waals surface area (Å²) in [5, 5.41) is 25.2. The van der Waals surface area contributed by atoms with Crippen LogP contribution < -0.4 is 10.6 Å². The average molecular weight is 535 g/mol. The lowest BCUT2D eigenvalue weighted by molar-refractivity contribution is -0.113. The van der Waals surface area contributed by atoms with Crippen LogP contribution in [0.25, 0.3) is 10.8 Å². The molecule has 10 heteroatoms. The predicted molar refractivity (Wildman–Crippen MR) is 143 cm³/mol. The van der Waals surface area contributed by atoms with Gasteiger partial charge >= 0.3 is 11.9 Å². The van der Waals surface area contributed by atoms with E-state index >= 15 is 0 Å². The van der Waals surface area contributed by atoms with Crippen molar-refractivity contribution in [1.29, 1.82) is 0 Å². The Hall–Kier alpha value is -4.34. The number of aromatic carboxylic acids is 2. The molecule has 8 nitrogen and oxygen atoms in total. The van der Waals surface area contributed by atoms with E-state index in [-0.39, 0.29) is 33.4 Å². The Kier molecular flexibility index (Phi) is 7.76. The number of anilines is 2. The van der Waals surface area contributed by atoms with Gasteiger partial charge < -0.3 is 20.8 Å². The quantitative estimate of drug-likeness (QED) is 0.208. The van der Waals surface area contributed by atoms with Crippen molar-refractivity contribution in [3.8, 4) is 0 Å². The number of nitrogens with one attached hydrogen (secondary N) is 2. The molecule has 4 aromatic carbocycles. The molecule has 186 valence electrons. The fourth-order valence-electron chi connectivity index (χ4n) is 3.68. The van der Waals surface area contributed by atoms with E-state index in [9.17, 15) is 29.4 Å². The van der Waals surface area contributed by atoms with Crippen LogP contribution in [0.1, 0.15) is 31.1 Å². The summed E-state index contributed by atoms with van der Waals surface area (Å²) in [6, 6.07) is 20.9. The zero-order chi connectivity index (χ0) is 26.5. The fourth-order valence-corrected chi connectivity index (χ4v) is 4.64. The molecule has 0 aliphatic carbocycles. The van der Waals surface area contributed by atoms with Gasteiger partial charge in [0.05, 0.1) is 21.9 Å². The van der Waals surface area contributed by atoms with Crippen LogP contribution >= 0.6 is 23.4 Å². The lowest BCUT2D eigenvalue weighted by atomic mass is 9.98. The smallest absolute Gasteiger partial charge is 0.337 e. The molecule has 2 amide bonds. The number of hydrogen-bond acceptors (Lipinski definition) is 5. The zero-order valence-corrected chi connectivity index (χ0v) is 20.6. The highest BCUT2D eigenvalue weighted by Gasteiger charge is 2.17. The zero-order valence-electron chi connectivity index (χ0n) is 19.0. The number of rotatable bonds is 8. The summed E-state index contributed by atoms with van der Waals surface area (Å²) in [6.07, 6.45) is 0. The molecular formula is C27H19ClN2O6S. The molecule has 4 N–H and O–H groups in total. The van der Waals surface area contributed by atoms with Gasteiger partial charge in [0.1, 0.15) is 0 Å². The summed E-state index contributed by atoms with van der Waals surface area (Å²) in [4.78, 5) is 49.1. The number of carboxylic acids is 2. The first-order chi connectivity index (χ1) is 17.7. The predicted octanol–water partition coefficient (Wildman–Crippen LogP) is 5.87. The number of hydrogen-bond donors (Lipinski definition) is 4. The summed E-state index contributed by atoms with van der Waals surface area (Å²) < 4.78 is 0. The first-order valence-corrected chi connectivity index (χ1v) is 12.2. The minimum Gasteiger partial charge on any atom is -0.478 e. The Morgan fingerprint density at radius 1 is 0.730 bits per heavy atom. The van der Waals surface area contributed by atoms with Crippen molar-refractivity contribution >= 4 is 69.3 Å². The van der Waals surface area contributed by atoms with Crippen LogP contribution in [0.3, 0.4) is 0 Å². The van der Waals surface area contributed by atoms with Gasteiger partial charge in [0.25, 0.3) is 5.91 Å². The molecule has 37 heavy (non-hydrogen) atoms. The van der Waals surface area contributed by atoms with Gasteiger partial charge in [-0.25, -0.2) is 9.59 Å². The van der Waals surface area contributed by atoms with E-state index in [1.807, 2.05) is 0 Å². The van der Waals surface area contributed by atoms with Crippen molar-refractivity contribution in [3.05, 3.63) is 101 Å². The maximum atomic E-state index is 13.1. The molecule has 4 rings (SSSR count). The number of carbonyl (C=O) groups is 4. The third-order valence-electron chi connectivity index (χ3n) is 5.32. The Bertz CT molecular complexity index is 1550. The summed E-state index contributed by atoms with van der Waals surface area (Å²) in [6.45, 7) is 0. The number of fused-ring (bicyclic) bond motifs is 1. The number of carbonyl (C=O) groups excluding carboxylic acids is 2. The van der Waals surface area contributed by atoms with Crippen LogP contribution in [0, 0.1) is 0 Å². The highest BCUT2D eigenvalue weighted by Crippen LogP contribution is 2.26. The molecule has 0 bridgehead atoms. The molecule has 0 aromatic heterocycles. The van der Waals surface area contributed by atoms with Gasteiger partial charge in [-0.2, -0.15) is 0 Å². The Labute approximate surface area is 220 Å². The van der Waals surface area contributed by atoms with Gasteiger partial charge in [0.2, 0.25) is 5.91 Å². The summed E-state index contributed by atoms with van der Waals surface area (Å²) in [7, 11) is 0. The standard InChI is InChI=1S/C27H19ClN2O6S/c28-22-11-10-17(13-21(22)27(35)36)29-23(31)14-37-18-7-3-6-16(12-18)30-25(32)19-8-1-4-15-5-2-9-20(24(15)19)26(33)34/h1-13H,14H2,(H,29,31)(H,30,32)(H,33,34)(H,35,36). The number of carboxylic acid groups (broad SMARTS) is 2. The molecule has 4 aromatic rings. The molecule has 0 aliphatic rings. The molecule has 0 saturated heterocycles. The van der Waals surface area contributed by atoms with E-state index in [0.717, 1.165) is 0 Å².